The van der Waals surface area contributed by atoms with Gasteiger partial charge in [-0.3, -0.25) is 0 Å². The van der Waals surface area contributed by atoms with E-state index >= 15 is 0 Å². The summed E-state index contributed by atoms with van der Waals surface area (Å²) in [5, 5.41) is 3.30. The quantitative estimate of drug-likeness (QED) is 0.731. The van der Waals surface area contributed by atoms with E-state index in [1.807, 2.05) is 30.3 Å². The molecule has 0 aromatic heterocycles. The molecule has 2 heteroatoms. The first-order valence-corrected chi connectivity index (χ1v) is 5.13. The summed E-state index contributed by atoms with van der Waals surface area (Å²) in [6.45, 7) is 2.01. The van der Waals surface area contributed by atoms with Gasteiger partial charge in [-0.1, -0.05) is 30.3 Å². The third-order valence-corrected chi connectivity index (χ3v) is 2.94. The largest absolute Gasteiger partial charge is 0.316 e. The summed E-state index contributed by atoms with van der Waals surface area (Å²) in [7, 11) is 0. The molecule has 0 bridgehead atoms. The van der Waals surface area contributed by atoms with Gasteiger partial charge in [0.2, 0.25) is 0 Å². The van der Waals surface area contributed by atoms with Crippen LogP contribution in [-0.4, -0.2) is 19.4 Å². The second-order valence-corrected chi connectivity index (χ2v) is 3.83. The summed E-state index contributed by atoms with van der Waals surface area (Å²) < 4.78 is 0. The number of hydrogen-bond acceptors (Lipinski definition) is 2. The molecule has 2 rings (SSSR count). The highest BCUT2D eigenvalue weighted by Crippen LogP contribution is 2.26. The fourth-order valence-corrected chi connectivity index (χ4v) is 2.12. The summed E-state index contributed by atoms with van der Waals surface area (Å²) in [6.07, 6.45) is 2.20. The standard InChI is InChI=1S/C12H15NO/c14-9-12(11-6-7-13-8-11)10-4-2-1-3-5-10/h1-5,9,11-13H,6-8H2. The molecule has 1 aliphatic heterocycles. The second-order valence-electron chi connectivity index (χ2n) is 3.83. The maximum absolute atomic E-state index is 11.1. The van der Waals surface area contributed by atoms with E-state index in [4.69, 9.17) is 0 Å². The molecule has 1 aromatic carbocycles. The van der Waals surface area contributed by atoms with Gasteiger partial charge in [0.25, 0.3) is 0 Å². The fraction of sp³-hybridized carbons (Fsp3) is 0.417. The highest BCUT2D eigenvalue weighted by molar-refractivity contribution is 5.62. The second kappa shape index (κ2) is 4.38. The minimum absolute atomic E-state index is 0.0752. The lowest BCUT2D eigenvalue weighted by Gasteiger charge is -2.16. The van der Waals surface area contributed by atoms with E-state index in [1.165, 1.54) is 0 Å². The van der Waals surface area contributed by atoms with Crippen LogP contribution >= 0.6 is 0 Å². The van der Waals surface area contributed by atoms with Gasteiger partial charge in [0.1, 0.15) is 6.29 Å². The molecule has 0 spiro atoms. The summed E-state index contributed by atoms with van der Waals surface area (Å²) in [6, 6.07) is 10.1. The van der Waals surface area contributed by atoms with Crippen LogP contribution in [0, 0.1) is 5.92 Å². The maximum Gasteiger partial charge on any atom is 0.127 e. The normalized spacial score (nSPS) is 23.3. The van der Waals surface area contributed by atoms with Gasteiger partial charge in [0.15, 0.2) is 0 Å². The van der Waals surface area contributed by atoms with Gasteiger partial charge in [0.05, 0.1) is 0 Å². The van der Waals surface area contributed by atoms with E-state index in [1.54, 1.807) is 0 Å². The summed E-state index contributed by atoms with van der Waals surface area (Å²) in [5.41, 5.74) is 1.15. The Balaban J connectivity index is 2.16. The number of aldehydes is 1. The molecule has 1 heterocycles. The summed E-state index contributed by atoms with van der Waals surface area (Å²) in [5.74, 6) is 0.557. The predicted octanol–water partition coefficient (Wildman–Crippen LogP) is 1.58. The average Bonchev–Trinajstić information content (AvgIpc) is 2.74. The van der Waals surface area contributed by atoms with Crippen molar-refractivity contribution in [3.8, 4) is 0 Å². The molecule has 74 valence electrons. The van der Waals surface area contributed by atoms with Crippen molar-refractivity contribution in [2.45, 2.75) is 12.3 Å². The van der Waals surface area contributed by atoms with E-state index in [0.717, 1.165) is 31.4 Å². The average molecular weight is 189 g/mol. The van der Waals surface area contributed by atoms with Gasteiger partial charge in [-0.15, -0.1) is 0 Å². The molecule has 1 aliphatic rings. The van der Waals surface area contributed by atoms with Crippen molar-refractivity contribution < 1.29 is 4.79 Å². The van der Waals surface area contributed by atoms with Crippen molar-refractivity contribution in [1.82, 2.24) is 5.32 Å². The highest BCUT2D eigenvalue weighted by atomic mass is 16.1. The maximum atomic E-state index is 11.1. The van der Waals surface area contributed by atoms with Crippen LogP contribution in [0.4, 0.5) is 0 Å². The zero-order chi connectivity index (χ0) is 9.80. The Labute approximate surface area is 84.3 Å². The van der Waals surface area contributed by atoms with Gasteiger partial charge in [-0.05, 0) is 31.0 Å². The molecule has 2 nitrogen and oxygen atoms in total. The lowest BCUT2D eigenvalue weighted by atomic mass is 9.87. The van der Waals surface area contributed by atoms with Crippen LogP contribution in [0.3, 0.4) is 0 Å². The van der Waals surface area contributed by atoms with Crippen LogP contribution in [0.25, 0.3) is 0 Å². The van der Waals surface area contributed by atoms with Crippen LogP contribution in [0.5, 0.6) is 0 Å². The van der Waals surface area contributed by atoms with Crippen molar-refractivity contribution >= 4 is 6.29 Å². The third kappa shape index (κ3) is 1.85. The first-order chi connectivity index (χ1) is 6.92. The molecular formula is C12H15NO. The van der Waals surface area contributed by atoms with E-state index in [9.17, 15) is 4.79 Å². The van der Waals surface area contributed by atoms with Gasteiger partial charge in [0, 0.05) is 5.92 Å². The molecule has 1 aromatic rings. The van der Waals surface area contributed by atoms with Crippen LogP contribution in [-0.2, 0) is 4.79 Å². The lowest BCUT2D eigenvalue weighted by molar-refractivity contribution is -0.110. The molecule has 0 aliphatic carbocycles. The monoisotopic (exact) mass is 189 g/mol. The Hall–Kier alpha value is -1.15. The van der Waals surface area contributed by atoms with Crippen molar-refractivity contribution in [3.63, 3.8) is 0 Å². The zero-order valence-corrected chi connectivity index (χ0v) is 8.15. The smallest absolute Gasteiger partial charge is 0.127 e. The Morgan fingerprint density at radius 1 is 1.36 bits per heavy atom. The lowest BCUT2D eigenvalue weighted by Crippen LogP contribution is -2.17. The Bertz CT molecular complexity index is 290. The van der Waals surface area contributed by atoms with E-state index in [0.29, 0.717) is 5.92 Å². The van der Waals surface area contributed by atoms with Crippen LogP contribution in [0.1, 0.15) is 17.9 Å². The van der Waals surface area contributed by atoms with Gasteiger partial charge in [-0.2, -0.15) is 0 Å². The molecule has 2 unspecified atom stereocenters. The molecule has 1 fully saturated rings. The Kier molecular flexibility index (Phi) is 2.94. The molecule has 0 radical (unpaired) electrons. The van der Waals surface area contributed by atoms with Gasteiger partial charge < -0.3 is 10.1 Å². The predicted molar refractivity (Wildman–Crippen MR) is 56.2 cm³/mol. The minimum Gasteiger partial charge on any atom is -0.316 e. The minimum atomic E-state index is 0.0752. The molecule has 14 heavy (non-hydrogen) atoms. The van der Waals surface area contributed by atoms with Gasteiger partial charge in [-0.25, -0.2) is 0 Å². The Morgan fingerprint density at radius 3 is 2.71 bits per heavy atom. The zero-order valence-electron chi connectivity index (χ0n) is 8.15. The van der Waals surface area contributed by atoms with E-state index < -0.39 is 0 Å². The first-order valence-electron chi connectivity index (χ1n) is 5.13. The number of benzene rings is 1. The van der Waals surface area contributed by atoms with E-state index in [-0.39, 0.29) is 5.92 Å². The molecular weight excluding hydrogens is 174 g/mol. The van der Waals surface area contributed by atoms with Crippen LogP contribution < -0.4 is 5.32 Å². The number of carbonyl (C=O) groups excluding carboxylic acids is 1. The Morgan fingerprint density at radius 2 is 2.14 bits per heavy atom. The summed E-state index contributed by atoms with van der Waals surface area (Å²) >= 11 is 0. The fourth-order valence-electron chi connectivity index (χ4n) is 2.12. The molecule has 1 N–H and O–H groups in total. The number of hydrogen-bond donors (Lipinski definition) is 1. The van der Waals surface area contributed by atoms with Crippen molar-refractivity contribution in [2.75, 3.05) is 13.1 Å². The summed E-state index contributed by atoms with van der Waals surface area (Å²) in [4.78, 5) is 11.1. The SMILES string of the molecule is O=CC(c1ccccc1)C1CCNC1. The molecule has 0 saturated carbocycles. The highest BCUT2D eigenvalue weighted by Gasteiger charge is 2.25. The van der Waals surface area contributed by atoms with Crippen molar-refractivity contribution in [2.24, 2.45) is 5.92 Å². The third-order valence-electron chi connectivity index (χ3n) is 2.94. The topological polar surface area (TPSA) is 29.1 Å². The van der Waals surface area contributed by atoms with Gasteiger partial charge >= 0.3 is 0 Å². The molecule has 1 saturated heterocycles. The van der Waals surface area contributed by atoms with Crippen molar-refractivity contribution in [3.05, 3.63) is 35.9 Å². The van der Waals surface area contributed by atoms with E-state index in [2.05, 4.69) is 5.32 Å². The molecule has 2 atom stereocenters. The van der Waals surface area contributed by atoms with Crippen molar-refractivity contribution in [1.29, 1.82) is 0 Å². The van der Waals surface area contributed by atoms with Crippen LogP contribution in [0.15, 0.2) is 30.3 Å². The molecule has 0 amide bonds. The first kappa shape index (κ1) is 9.41. The number of nitrogens with one attached hydrogen (secondary N) is 1. The number of carbonyl (C=O) groups is 1. The van der Waals surface area contributed by atoms with Crippen LogP contribution in [0.2, 0.25) is 0 Å². The number of rotatable bonds is 3.